The van der Waals surface area contributed by atoms with Crippen LogP contribution in [0.1, 0.15) is 120 Å². The van der Waals surface area contributed by atoms with Crippen LogP contribution in [0.5, 0.6) is 5.75 Å². The lowest BCUT2D eigenvalue weighted by Gasteiger charge is -2.13. The van der Waals surface area contributed by atoms with Crippen molar-refractivity contribution < 1.29 is 5.11 Å². The smallest absolute Gasteiger partial charge is 0.146 e. The molecule has 0 aliphatic carbocycles. The number of unbranched alkanes of at least 4 members (excludes halogenated alkanes) is 12. The van der Waals surface area contributed by atoms with Crippen LogP contribution >= 0.6 is 0 Å². The van der Waals surface area contributed by atoms with Gasteiger partial charge in [-0.05, 0) is 67.5 Å². The first-order valence-electron chi connectivity index (χ1n) is 14.3. The van der Waals surface area contributed by atoms with Crippen molar-refractivity contribution >= 4 is 11.0 Å². The highest BCUT2D eigenvalue weighted by molar-refractivity contribution is 5.74. The molecule has 4 nitrogen and oxygen atoms in total. The summed E-state index contributed by atoms with van der Waals surface area (Å²) >= 11 is 0. The number of fused-ring (bicyclic) bond motifs is 1. The zero-order valence-corrected chi connectivity index (χ0v) is 22.5. The van der Waals surface area contributed by atoms with Crippen molar-refractivity contribution in [1.29, 1.82) is 0 Å². The van der Waals surface area contributed by atoms with Crippen LogP contribution in [0.3, 0.4) is 0 Å². The fourth-order valence-corrected chi connectivity index (χ4v) is 4.92. The summed E-state index contributed by atoms with van der Waals surface area (Å²) in [6.07, 6.45) is 20.1. The number of aryl methyl sites for hydroxylation is 3. The molecule has 0 radical (unpaired) electrons. The van der Waals surface area contributed by atoms with Gasteiger partial charge in [-0.2, -0.15) is 0 Å². The van der Waals surface area contributed by atoms with Gasteiger partial charge in [0.25, 0.3) is 0 Å². The molecule has 0 spiro atoms. The SMILES string of the molecule is CCCCCCCCCc1cc(CCCCCCCCC)c(O)c(-n2nc3ccc(C)cc3n2)c1. The van der Waals surface area contributed by atoms with Gasteiger partial charge in [-0.15, -0.1) is 15.0 Å². The van der Waals surface area contributed by atoms with E-state index in [2.05, 4.69) is 50.1 Å². The number of hydrogen-bond donors (Lipinski definition) is 1. The highest BCUT2D eigenvalue weighted by atomic mass is 16.3. The van der Waals surface area contributed by atoms with Gasteiger partial charge in [0.15, 0.2) is 0 Å². The van der Waals surface area contributed by atoms with Gasteiger partial charge in [-0.25, -0.2) is 0 Å². The third-order valence-corrected chi connectivity index (χ3v) is 7.10. The number of phenols is 1. The maximum atomic E-state index is 11.2. The number of aromatic nitrogens is 3. The van der Waals surface area contributed by atoms with Gasteiger partial charge in [0.1, 0.15) is 22.5 Å². The van der Waals surface area contributed by atoms with E-state index in [1.807, 2.05) is 6.07 Å². The Morgan fingerprint density at radius 3 is 1.89 bits per heavy atom. The summed E-state index contributed by atoms with van der Waals surface area (Å²) in [5.74, 6) is 0.344. The van der Waals surface area contributed by atoms with E-state index in [0.717, 1.165) is 41.5 Å². The summed E-state index contributed by atoms with van der Waals surface area (Å²) in [5, 5.41) is 20.6. The Labute approximate surface area is 213 Å². The second-order valence-electron chi connectivity index (χ2n) is 10.3. The molecule has 35 heavy (non-hydrogen) atoms. The number of benzene rings is 2. The molecule has 0 amide bonds. The first-order valence-corrected chi connectivity index (χ1v) is 14.3. The van der Waals surface area contributed by atoms with Gasteiger partial charge in [0, 0.05) is 0 Å². The molecule has 192 valence electrons. The van der Waals surface area contributed by atoms with Crippen molar-refractivity contribution in [3.8, 4) is 11.4 Å². The van der Waals surface area contributed by atoms with Crippen LogP contribution in [-0.4, -0.2) is 20.1 Å². The Morgan fingerprint density at radius 1 is 0.657 bits per heavy atom. The summed E-state index contributed by atoms with van der Waals surface area (Å²) < 4.78 is 0. The molecule has 0 aliphatic rings. The quantitative estimate of drug-likeness (QED) is 0.197. The molecule has 1 N–H and O–H groups in total. The van der Waals surface area contributed by atoms with Gasteiger partial charge < -0.3 is 5.11 Å². The Bertz CT molecular complexity index is 1020. The molecule has 0 aliphatic heterocycles. The van der Waals surface area contributed by atoms with Crippen LogP contribution in [-0.2, 0) is 12.8 Å². The fraction of sp³-hybridized carbons (Fsp3) is 0.613. The van der Waals surface area contributed by atoms with Crippen LogP contribution in [0.4, 0.5) is 0 Å². The minimum atomic E-state index is 0.344. The number of phenolic OH excluding ortho intramolecular Hbond substituents is 1. The standard InChI is InChI=1S/C31H47N3O/c1-4-6-8-10-12-14-16-18-26-23-27(19-17-15-13-11-9-7-5-2)31(35)30(24-26)34-32-28-21-20-25(3)22-29(28)33-34/h20-24,35H,4-19H2,1-3H3. The molecule has 3 aromatic rings. The van der Waals surface area contributed by atoms with Gasteiger partial charge in [0.05, 0.1) is 0 Å². The summed E-state index contributed by atoms with van der Waals surface area (Å²) in [6.45, 7) is 6.60. The van der Waals surface area contributed by atoms with Gasteiger partial charge in [-0.1, -0.05) is 103 Å². The lowest BCUT2D eigenvalue weighted by molar-refractivity contribution is 0.458. The Morgan fingerprint density at radius 2 is 1.23 bits per heavy atom. The van der Waals surface area contributed by atoms with E-state index in [1.54, 1.807) is 4.80 Å². The molecule has 0 atom stereocenters. The van der Waals surface area contributed by atoms with Crippen LogP contribution in [0.2, 0.25) is 0 Å². The Balaban J connectivity index is 1.70. The first-order chi connectivity index (χ1) is 17.1. The van der Waals surface area contributed by atoms with Gasteiger partial charge >= 0.3 is 0 Å². The first kappa shape index (κ1) is 27.2. The van der Waals surface area contributed by atoms with E-state index >= 15 is 0 Å². The minimum Gasteiger partial charge on any atom is -0.505 e. The summed E-state index contributed by atoms with van der Waals surface area (Å²) in [6, 6.07) is 10.5. The highest BCUT2D eigenvalue weighted by Crippen LogP contribution is 2.30. The Kier molecular flexibility index (Phi) is 11.6. The molecule has 1 aromatic heterocycles. The number of hydrogen-bond acceptors (Lipinski definition) is 3. The monoisotopic (exact) mass is 477 g/mol. The van der Waals surface area contributed by atoms with Crippen LogP contribution in [0.25, 0.3) is 16.7 Å². The summed E-state index contributed by atoms with van der Waals surface area (Å²) in [7, 11) is 0. The molecule has 3 rings (SSSR count). The van der Waals surface area contributed by atoms with E-state index in [1.165, 1.54) is 94.6 Å². The average Bonchev–Trinajstić information content (AvgIpc) is 3.27. The van der Waals surface area contributed by atoms with Crippen LogP contribution in [0, 0.1) is 6.92 Å². The molecular weight excluding hydrogens is 430 g/mol. The zero-order chi connectivity index (χ0) is 24.9. The van der Waals surface area contributed by atoms with Gasteiger partial charge in [-0.3, -0.25) is 0 Å². The molecule has 0 saturated heterocycles. The van der Waals surface area contributed by atoms with Crippen molar-refractivity contribution in [1.82, 2.24) is 15.0 Å². The maximum Gasteiger partial charge on any atom is 0.146 e. The predicted molar refractivity (Wildman–Crippen MR) is 149 cm³/mol. The molecular formula is C31H47N3O. The zero-order valence-electron chi connectivity index (χ0n) is 22.5. The average molecular weight is 478 g/mol. The summed E-state index contributed by atoms with van der Waals surface area (Å²) in [4.78, 5) is 1.64. The number of rotatable bonds is 17. The lowest BCUT2D eigenvalue weighted by atomic mass is 9.98. The van der Waals surface area contributed by atoms with E-state index in [9.17, 15) is 5.11 Å². The maximum absolute atomic E-state index is 11.2. The molecule has 4 heteroatoms. The molecule has 0 fully saturated rings. The van der Waals surface area contributed by atoms with Crippen molar-refractivity contribution in [2.75, 3.05) is 0 Å². The molecule has 0 bridgehead atoms. The highest BCUT2D eigenvalue weighted by Gasteiger charge is 2.15. The second kappa shape index (κ2) is 14.9. The summed E-state index contributed by atoms with van der Waals surface area (Å²) in [5.41, 5.74) is 5.96. The second-order valence-corrected chi connectivity index (χ2v) is 10.3. The minimum absolute atomic E-state index is 0.344. The van der Waals surface area contributed by atoms with Crippen molar-refractivity contribution in [2.24, 2.45) is 0 Å². The normalized spacial score (nSPS) is 11.5. The van der Waals surface area contributed by atoms with Crippen molar-refractivity contribution in [3.63, 3.8) is 0 Å². The van der Waals surface area contributed by atoms with Crippen LogP contribution in [0.15, 0.2) is 30.3 Å². The molecule has 0 unspecified atom stereocenters. The topological polar surface area (TPSA) is 50.9 Å². The third kappa shape index (κ3) is 8.66. The largest absolute Gasteiger partial charge is 0.505 e. The molecule has 0 saturated carbocycles. The van der Waals surface area contributed by atoms with E-state index < -0.39 is 0 Å². The predicted octanol–water partition coefficient (Wildman–Crippen LogP) is 9.02. The Hall–Kier alpha value is -2.36. The van der Waals surface area contributed by atoms with Gasteiger partial charge in [0.2, 0.25) is 0 Å². The molecule has 1 heterocycles. The van der Waals surface area contributed by atoms with E-state index in [0.29, 0.717) is 5.75 Å². The van der Waals surface area contributed by atoms with E-state index in [4.69, 9.17) is 5.10 Å². The van der Waals surface area contributed by atoms with E-state index in [-0.39, 0.29) is 0 Å². The van der Waals surface area contributed by atoms with Crippen LogP contribution < -0.4 is 0 Å². The number of nitrogens with zero attached hydrogens (tertiary/aromatic N) is 3. The fourth-order valence-electron chi connectivity index (χ4n) is 4.92. The number of aromatic hydroxyl groups is 1. The van der Waals surface area contributed by atoms with Crippen molar-refractivity contribution in [2.45, 2.75) is 124 Å². The van der Waals surface area contributed by atoms with Crippen molar-refractivity contribution in [3.05, 3.63) is 47.0 Å². The lowest BCUT2D eigenvalue weighted by Crippen LogP contribution is -2.03. The molecule has 2 aromatic carbocycles. The third-order valence-electron chi connectivity index (χ3n) is 7.10.